The Bertz CT molecular complexity index is 911. The lowest BCUT2D eigenvalue weighted by atomic mass is 9.95. The highest BCUT2D eigenvalue weighted by Crippen LogP contribution is 2.27. The first-order valence-electron chi connectivity index (χ1n) is 8.61. The van der Waals surface area contributed by atoms with Crippen LogP contribution in [-0.2, 0) is 12.0 Å². The maximum atomic E-state index is 12.5. The molecule has 28 heavy (non-hydrogen) atoms. The lowest BCUT2D eigenvalue weighted by molar-refractivity contribution is -0.135. The highest BCUT2D eigenvalue weighted by atomic mass is 35.5. The molecule has 1 aromatic carbocycles. The molecular weight excluding hydrogens is 429 g/mol. The topological polar surface area (TPSA) is 26.5 Å². The summed E-state index contributed by atoms with van der Waals surface area (Å²) in [7, 11) is 1.52. The summed E-state index contributed by atoms with van der Waals surface area (Å²) in [4.78, 5) is 6.36. The number of hydrogen-bond donors (Lipinski definition) is 0. The molecule has 0 unspecified atom stereocenters. The number of methoxy groups -OCH3 is 1. The molecule has 0 radical (unpaired) electrons. The molecule has 0 aliphatic rings. The Hall–Kier alpha value is -1.38. The number of rotatable bonds is 5. The van der Waals surface area contributed by atoms with Crippen molar-refractivity contribution < 1.29 is 17.9 Å². The van der Waals surface area contributed by atoms with E-state index in [1.165, 1.54) is 18.4 Å². The van der Waals surface area contributed by atoms with Crippen molar-refractivity contribution in [2.45, 2.75) is 51.7 Å². The van der Waals surface area contributed by atoms with E-state index in [4.69, 9.17) is 28.6 Å². The average molecular weight is 451 g/mol. The summed E-state index contributed by atoms with van der Waals surface area (Å²) < 4.78 is 44.6. The van der Waals surface area contributed by atoms with Crippen molar-refractivity contribution >= 4 is 40.1 Å². The van der Waals surface area contributed by atoms with Gasteiger partial charge >= 0.3 is 6.18 Å². The van der Waals surface area contributed by atoms with E-state index >= 15 is 0 Å². The summed E-state index contributed by atoms with van der Waals surface area (Å²) in [5, 5.41) is 0.493. The van der Waals surface area contributed by atoms with Gasteiger partial charge < -0.3 is 9.30 Å². The maximum Gasteiger partial charge on any atom is 0.389 e. The first-order valence-corrected chi connectivity index (χ1v) is 10.2. The largest absolute Gasteiger partial charge is 0.496 e. The number of halogens is 4. The second kappa shape index (κ2) is 8.97. The molecule has 0 aliphatic heterocycles. The Kier molecular flexibility index (Phi) is 7.33. The SMILES string of the molecule is COc1ccc(Cl)cc1C(=S)N=c1sc(C(C)(C)C)cn1CCCC(F)(F)F. The maximum absolute atomic E-state index is 12.5. The van der Waals surface area contributed by atoms with Crippen LogP contribution in [0.3, 0.4) is 0 Å². The van der Waals surface area contributed by atoms with Crippen LogP contribution in [-0.4, -0.2) is 22.8 Å². The van der Waals surface area contributed by atoms with E-state index in [-0.39, 0.29) is 23.4 Å². The van der Waals surface area contributed by atoms with E-state index in [1.54, 1.807) is 22.8 Å². The predicted octanol–water partition coefficient (Wildman–Crippen LogP) is 6.13. The molecule has 0 spiro atoms. The Balaban J connectivity index is 2.43. The van der Waals surface area contributed by atoms with E-state index in [1.807, 2.05) is 27.0 Å². The number of thiazole rings is 1. The first kappa shape index (κ1) is 22.9. The molecule has 154 valence electrons. The van der Waals surface area contributed by atoms with Crippen molar-refractivity contribution in [1.29, 1.82) is 0 Å². The van der Waals surface area contributed by atoms with Crippen LogP contribution in [0.2, 0.25) is 5.02 Å². The summed E-state index contributed by atoms with van der Waals surface area (Å²) >= 11 is 12.9. The van der Waals surface area contributed by atoms with Gasteiger partial charge in [-0.2, -0.15) is 13.2 Å². The Morgan fingerprint density at radius 3 is 2.54 bits per heavy atom. The molecule has 2 rings (SSSR count). The van der Waals surface area contributed by atoms with Crippen LogP contribution in [0.4, 0.5) is 13.2 Å². The van der Waals surface area contributed by atoms with Crippen LogP contribution in [0.15, 0.2) is 29.4 Å². The Morgan fingerprint density at radius 2 is 1.96 bits per heavy atom. The molecule has 9 heteroatoms. The highest BCUT2D eigenvalue weighted by Gasteiger charge is 2.26. The van der Waals surface area contributed by atoms with Gasteiger partial charge in [0.05, 0.1) is 12.7 Å². The lowest BCUT2D eigenvalue weighted by Gasteiger charge is -2.14. The molecule has 0 saturated carbocycles. The van der Waals surface area contributed by atoms with E-state index in [0.29, 0.717) is 21.1 Å². The van der Waals surface area contributed by atoms with Gasteiger partial charge in [-0.15, -0.1) is 11.3 Å². The molecule has 2 aromatic rings. The third-order valence-electron chi connectivity index (χ3n) is 3.91. The number of thiocarbonyl (C=S) groups is 1. The van der Waals surface area contributed by atoms with Gasteiger partial charge in [0.25, 0.3) is 0 Å². The molecule has 0 fully saturated rings. The van der Waals surface area contributed by atoms with Crippen molar-refractivity contribution in [2.75, 3.05) is 7.11 Å². The number of aryl methyl sites for hydroxylation is 1. The number of ether oxygens (including phenoxy) is 1. The molecule has 1 aromatic heterocycles. The molecule has 0 N–H and O–H groups in total. The Morgan fingerprint density at radius 1 is 1.29 bits per heavy atom. The minimum atomic E-state index is -4.18. The van der Waals surface area contributed by atoms with E-state index in [0.717, 1.165) is 4.88 Å². The van der Waals surface area contributed by atoms with Crippen molar-refractivity contribution in [2.24, 2.45) is 4.99 Å². The fourth-order valence-electron chi connectivity index (χ4n) is 2.42. The van der Waals surface area contributed by atoms with E-state index in [2.05, 4.69) is 4.99 Å². The van der Waals surface area contributed by atoms with Crippen molar-refractivity contribution in [3.05, 3.63) is 44.7 Å². The molecule has 3 nitrogen and oxygen atoms in total. The van der Waals surface area contributed by atoms with Gasteiger partial charge in [0.15, 0.2) is 4.80 Å². The van der Waals surface area contributed by atoms with Crippen molar-refractivity contribution in [1.82, 2.24) is 4.57 Å². The number of benzene rings is 1. The zero-order valence-electron chi connectivity index (χ0n) is 16.1. The number of nitrogens with zero attached hydrogens (tertiary/aromatic N) is 2. The normalized spacial score (nSPS) is 13.1. The average Bonchev–Trinajstić information content (AvgIpc) is 2.96. The zero-order chi connectivity index (χ0) is 21.1. The fourth-order valence-corrected chi connectivity index (χ4v) is 3.98. The Labute approximate surface area is 176 Å². The zero-order valence-corrected chi connectivity index (χ0v) is 18.5. The summed E-state index contributed by atoms with van der Waals surface area (Å²) in [5.74, 6) is 0.536. The van der Waals surface area contributed by atoms with Gasteiger partial charge in [-0.05, 0) is 30.0 Å². The molecule has 0 atom stereocenters. The van der Waals surface area contributed by atoms with Gasteiger partial charge in [-0.1, -0.05) is 44.6 Å². The number of aromatic nitrogens is 1. The quantitative estimate of drug-likeness (QED) is 0.512. The van der Waals surface area contributed by atoms with Crippen LogP contribution in [0.1, 0.15) is 44.1 Å². The summed E-state index contributed by atoms with van der Waals surface area (Å²) in [6.07, 6.45) is -3.18. The second-order valence-corrected chi connectivity index (χ2v) is 9.13. The lowest BCUT2D eigenvalue weighted by Crippen LogP contribution is -2.18. The second-order valence-electron chi connectivity index (χ2n) is 7.30. The summed E-state index contributed by atoms with van der Waals surface area (Å²) in [5.41, 5.74) is 0.414. The van der Waals surface area contributed by atoms with E-state index < -0.39 is 12.6 Å². The monoisotopic (exact) mass is 450 g/mol. The van der Waals surface area contributed by atoms with Crippen LogP contribution in [0.25, 0.3) is 0 Å². The van der Waals surface area contributed by atoms with Gasteiger partial charge in [-0.25, -0.2) is 4.99 Å². The predicted molar refractivity (Wildman–Crippen MR) is 112 cm³/mol. The third kappa shape index (κ3) is 6.32. The first-order chi connectivity index (χ1) is 12.9. The molecule has 0 aliphatic carbocycles. The van der Waals surface area contributed by atoms with Gasteiger partial charge in [-0.3, -0.25) is 0 Å². The third-order valence-corrected chi connectivity index (χ3v) is 5.90. The summed E-state index contributed by atoms with van der Waals surface area (Å²) in [6, 6.07) is 5.05. The van der Waals surface area contributed by atoms with Crippen LogP contribution in [0, 0.1) is 0 Å². The standard InChI is InChI=1S/C19H22ClF3N2OS2/c1-18(2,3)15-11-25(9-5-8-19(21,22)23)17(28-15)24-16(27)13-10-12(20)6-7-14(13)26-4/h6-7,10-11H,5,8-9H2,1-4H3. The van der Waals surface area contributed by atoms with Gasteiger partial charge in [0.1, 0.15) is 10.7 Å². The van der Waals surface area contributed by atoms with Crippen molar-refractivity contribution in [3.8, 4) is 5.75 Å². The van der Waals surface area contributed by atoms with Gasteiger partial charge in [0, 0.05) is 29.1 Å². The van der Waals surface area contributed by atoms with Crippen LogP contribution < -0.4 is 9.54 Å². The number of hydrogen-bond acceptors (Lipinski definition) is 3. The minimum Gasteiger partial charge on any atom is -0.496 e. The van der Waals surface area contributed by atoms with Crippen molar-refractivity contribution in [3.63, 3.8) is 0 Å². The number of alkyl halides is 3. The van der Waals surface area contributed by atoms with Crippen LogP contribution >= 0.6 is 35.2 Å². The fraction of sp³-hybridized carbons (Fsp3) is 0.474. The minimum absolute atomic E-state index is 0.0236. The molecule has 1 heterocycles. The molecule has 0 bridgehead atoms. The van der Waals surface area contributed by atoms with Crippen LogP contribution in [0.5, 0.6) is 5.75 Å². The van der Waals surface area contributed by atoms with E-state index in [9.17, 15) is 13.2 Å². The smallest absolute Gasteiger partial charge is 0.389 e. The molecular formula is C19H22ClF3N2OS2. The summed E-state index contributed by atoms with van der Waals surface area (Å²) in [6.45, 7) is 6.34. The van der Waals surface area contributed by atoms with Gasteiger partial charge in [0.2, 0.25) is 0 Å². The molecule has 0 saturated heterocycles. The highest BCUT2D eigenvalue weighted by molar-refractivity contribution is 7.80. The molecule has 0 amide bonds.